The van der Waals surface area contributed by atoms with E-state index in [4.69, 9.17) is 14.2 Å². The van der Waals surface area contributed by atoms with Crippen molar-refractivity contribution in [1.82, 2.24) is 0 Å². The predicted molar refractivity (Wildman–Crippen MR) is 69.2 cm³/mol. The zero-order valence-corrected chi connectivity index (χ0v) is 11.5. The second-order valence-electron chi connectivity index (χ2n) is 4.61. The van der Waals surface area contributed by atoms with Gasteiger partial charge in [-0.05, 0) is 12.1 Å². The molecule has 0 bridgehead atoms. The number of carboxylic acid groups (broad SMARTS) is 1. The molecule has 1 aliphatic heterocycles. The van der Waals surface area contributed by atoms with E-state index in [2.05, 4.69) is 0 Å². The summed E-state index contributed by atoms with van der Waals surface area (Å²) in [5.41, 5.74) is 0.0442. The molecule has 110 valence electrons. The van der Waals surface area contributed by atoms with Gasteiger partial charge in [0.2, 0.25) is 0 Å². The average molecular weight is 281 g/mol. The van der Waals surface area contributed by atoms with Gasteiger partial charge in [0.25, 0.3) is 0 Å². The Kier molecular flexibility index (Phi) is 5.20. The molecule has 6 heteroatoms. The van der Waals surface area contributed by atoms with E-state index in [1.54, 1.807) is 12.1 Å². The molecule has 6 nitrogen and oxygen atoms in total. The molecule has 20 heavy (non-hydrogen) atoms. The van der Waals surface area contributed by atoms with Crippen LogP contribution in [0.2, 0.25) is 0 Å². The van der Waals surface area contributed by atoms with Gasteiger partial charge in [0, 0.05) is 11.6 Å². The Balaban J connectivity index is 1.94. The Morgan fingerprint density at radius 1 is 1.40 bits per heavy atom. The van der Waals surface area contributed by atoms with Crippen molar-refractivity contribution in [3.05, 3.63) is 23.8 Å². The average Bonchev–Trinajstić information content (AvgIpc) is 2.48. The number of ether oxygens (including phenoxy) is 3. The maximum Gasteiger partial charge on any atom is 0.137 e. The fourth-order valence-corrected chi connectivity index (χ4v) is 2.13. The second-order valence-corrected chi connectivity index (χ2v) is 4.61. The lowest BCUT2D eigenvalue weighted by Crippen LogP contribution is -3.14. The number of hydrogen-bond donors (Lipinski definition) is 1. The molecule has 0 saturated carbocycles. The monoisotopic (exact) mass is 281 g/mol. The third kappa shape index (κ3) is 3.85. The molecule has 1 aliphatic rings. The minimum atomic E-state index is -1.25. The standard InChI is InChI=1S/C14H19NO5/c1-18-11-2-3-12(14(16)17)13(10-11)20-9-6-15-4-7-19-8-5-15/h2-3,10H,4-9H2,1H3,(H,16,17). The van der Waals surface area contributed by atoms with Crippen molar-refractivity contribution in [2.75, 3.05) is 46.6 Å². The number of carbonyl (C=O) groups is 1. The highest BCUT2D eigenvalue weighted by Gasteiger charge is 2.14. The van der Waals surface area contributed by atoms with Gasteiger partial charge in [0.05, 0.1) is 26.3 Å². The van der Waals surface area contributed by atoms with Crippen molar-refractivity contribution in [3.63, 3.8) is 0 Å². The van der Waals surface area contributed by atoms with Gasteiger partial charge in [-0.25, -0.2) is 0 Å². The molecular weight excluding hydrogens is 262 g/mol. The molecular formula is C14H19NO5. The van der Waals surface area contributed by atoms with Crippen LogP contribution in [0.25, 0.3) is 0 Å². The van der Waals surface area contributed by atoms with Gasteiger partial charge >= 0.3 is 0 Å². The van der Waals surface area contributed by atoms with E-state index >= 15 is 0 Å². The summed E-state index contributed by atoms with van der Waals surface area (Å²) in [5.74, 6) is -0.401. The van der Waals surface area contributed by atoms with Crippen molar-refractivity contribution >= 4 is 5.97 Å². The number of benzene rings is 1. The van der Waals surface area contributed by atoms with Crippen LogP contribution in [0, 0.1) is 0 Å². The number of aromatic carboxylic acids is 1. The van der Waals surface area contributed by atoms with E-state index in [9.17, 15) is 9.90 Å². The van der Waals surface area contributed by atoms with Gasteiger partial charge in [-0.3, -0.25) is 0 Å². The molecule has 0 amide bonds. The minimum absolute atomic E-state index is 0.0442. The molecule has 0 atom stereocenters. The first-order valence-corrected chi connectivity index (χ1v) is 6.64. The molecule has 1 aromatic rings. The minimum Gasteiger partial charge on any atom is -0.545 e. The highest BCUT2D eigenvalue weighted by Crippen LogP contribution is 2.24. The Labute approximate surface area is 117 Å². The molecule has 1 saturated heterocycles. The Morgan fingerprint density at radius 3 is 2.80 bits per heavy atom. The van der Waals surface area contributed by atoms with Crippen molar-refractivity contribution in [3.8, 4) is 11.5 Å². The molecule has 0 radical (unpaired) electrons. The fraction of sp³-hybridized carbons (Fsp3) is 0.500. The zero-order valence-electron chi connectivity index (χ0n) is 11.5. The first-order valence-electron chi connectivity index (χ1n) is 6.64. The summed E-state index contributed by atoms with van der Waals surface area (Å²) in [7, 11) is 1.52. The number of rotatable bonds is 6. The normalized spacial score (nSPS) is 15.8. The molecule has 0 spiro atoms. The third-order valence-corrected chi connectivity index (χ3v) is 3.32. The quantitative estimate of drug-likeness (QED) is 0.676. The molecule has 1 heterocycles. The van der Waals surface area contributed by atoms with E-state index < -0.39 is 5.97 Å². The molecule has 1 fully saturated rings. The predicted octanol–water partition coefficient (Wildman–Crippen LogP) is -1.65. The molecule has 0 aromatic heterocycles. The lowest BCUT2D eigenvalue weighted by atomic mass is 10.2. The first-order chi connectivity index (χ1) is 9.70. The smallest absolute Gasteiger partial charge is 0.137 e. The number of quaternary nitrogens is 1. The second kappa shape index (κ2) is 7.12. The van der Waals surface area contributed by atoms with Crippen molar-refractivity contribution in [1.29, 1.82) is 0 Å². The van der Waals surface area contributed by atoms with Crippen LogP contribution in [0.1, 0.15) is 10.4 Å². The van der Waals surface area contributed by atoms with Crippen LogP contribution in [0.3, 0.4) is 0 Å². The number of carboxylic acids is 1. The van der Waals surface area contributed by atoms with Crippen LogP contribution in [-0.4, -0.2) is 52.5 Å². The van der Waals surface area contributed by atoms with Crippen molar-refractivity contribution in [2.45, 2.75) is 0 Å². The summed E-state index contributed by atoms with van der Waals surface area (Å²) >= 11 is 0. The van der Waals surface area contributed by atoms with E-state index in [1.807, 2.05) is 0 Å². The number of methoxy groups -OCH3 is 1. The van der Waals surface area contributed by atoms with Crippen LogP contribution >= 0.6 is 0 Å². The fourth-order valence-electron chi connectivity index (χ4n) is 2.13. The highest BCUT2D eigenvalue weighted by molar-refractivity contribution is 5.89. The van der Waals surface area contributed by atoms with E-state index in [1.165, 1.54) is 18.1 Å². The van der Waals surface area contributed by atoms with Crippen molar-refractivity contribution in [2.24, 2.45) is 0 Å². The lowest BCUT2D eigenvalue weighted by molar-refractivity contribution is -0.908. The summed E-state index contributed by atoms with van der Waals surface area (Å²) < 4.78 is 15.9. The number of nitrogens with one attached hydrogen (secondary N) is 1. The summed E-state index contributed by atoms with van der Waals surface area (Å²) in [5, 5.41) is 11.0. The van der Waals surface area contributed by atoms with Crippen LogP contribution in [-0.2, 0) is 4.74 Å². The van der Waals surface area contributed by atoms with E-state index in [-0.39, 0.29) is 11.3 Å². The zero-order chi connectivity index (χ0) is 14.4. The molecule has 1 aromatic carbocycles. The van der Waals surface area contributed by atoms with Gasteiger partial charge in [0.15, 0.2) is 0 Å². The summed E-state index contributed by atoms with van der Waals surface area (Å²) in [6.07, 6.45) is 0. The van der Waals surface area contributed by atoms with Crippen LogP contribution in [0.15, 0.2) is 18.2 Å². The molecule has 0 unspecified atom stereocenters. The number of carbonyl (C=O) groups excluding carboxylic acids is 1. The van der Waals surface area contributed by atoms with Gasteiger partial charge in [-0.1, -0.05) is 0 Å². The van der Waals surface area contributed by atoms with Crippen LogP contribution in [0.4, 0.5) is 0 Å². The largest absolute Gasteiger partial charge is 0.545 e. The summed E-state index contributed by atoms with van der Waals surface area (Å²) in [6.45, 7) is 4.69. The van der Waals surface area contributed by atoms with Gasteiger partial charge in [-0.2, -0.15) is 0 Å². The first kappa shape index (κ1) is 14.6. The maximum atomic E-state index is 11.0. The van der Waals surface area contributed by atoms with Gasteiger partial charge in [0.1, 0.15) is 37.7 Å². The maximum absolute atomic E-state index is 11.0. The van der Waals surface area contributed by atoms with E-state index in [0.29, 0.717) is 12.4 Å². The van der Waals surface area contributed by atoms with E-state index in [0.717, 1.165) is 32.8 Å². The van der Waals surface area contributed by atoms with Crippen molar-refractivity contribution < 1.29 is 29.0 Å². The Hall–Kier alpha value is -1.79. The Morgan fingerprint density at radius 2 is 2.15 bits per heavy atom. The number of morpholine rings is 1. The van der Waals surface area contributed by atoms with Gasteiger partial charge < -0.3 is 29.0 Å². The molecule has 2 rings (SSSR count). The number of hydrogen-bond acceptors (Lipinski definition) is 5. The van der Waals surface area contributed by atoms with Crippen LogP contribution < -0.4 is 19.5 Å². The third-order valence-electron chi connectivity index (χ3n) is 3.32. The Bertz CT molecular complexity index is 457. The summed E-state index contributed by atoms with van der Waals surface area (Å²) in [6, 6.07) is 4.58. The van der Waals surface area contributed by atoms with Gasteiger partial charge in [-0.15, -0.1) is 0 Å². The topological polar surface area (TPSA) is 72.3 Å². The molecule has 0 aliphatic carbocycles. The highest BCUT2D eigenvalue weighted by atomic mass is 16.5. The lowest BCUT2D eigenvalue weighted by Gasteiger charge is -2.24. The summed E-state index contributed by atoms with van der Waals surface area (Å²) in [4.78, 5) is 12.4. The van der Waals surface area contributed by atoms with Crippen LogP contribution in [0.5, 0.6) is 11.5 Å². The molecule has 1 N–H and O–H groups in total. The SMILES string of the molecule is COc1ccc(C(=O)[O-])c(OCC[NH+]2CCOCC2)c1.